The highest BCUT2D eigenvalue weighted by molar-refractivity contribution is 7.94. The van der Waals surface area contributed by atoms with E-state index in [0.29, 0.717) is 11.3 Å². The summed E-state index contributed by atoms with van der Waals surface area (Å²) in [5.74, 6) is 0. The van der Waals surface area contributed by atoms with Crippen molar-refractivity contribution in [2.24, 2.45) is 0 Å². The normalized spacial score (nSPS) is 14.0. The van der Waals surface area contributed by atoms with Gasteiger partial charge < -0.3 is 10.0 Å². The highest BCUT2D eigenvalue weighted by Gasteiger charge is 2.14. The van der Waals surface area contributed by atoms with Crippen molar-refractivity contribution in [2.75, 3.05) is 6.54 Å². The first-order chi connectivity index (χ1) is 10.6. The molecular formula is C16H15N3O2S. The molecule has 2 aromatic rings. The Kier molecular flexibility index (Phi) is 3.84. The van der Waals surface area contributed by atoms with Gasteiger partial charge in [0.15, 0.2) is 0 Å². The van der Waals surface area contributed by atoms with Crippen molar-refractivity contribution in [3.63, 3.8) is 0 Å². The molecule has 2 N–H and O–H groups in total. The van der Waals surface area contributed by atoms with Gasteiger partial charge in [-0.3, -0.25) is 0 Å². The number of sulfonamides is 1. The Morgan fingerprint density at radius 3 is 2.59 bits per heavy atom. The van der Waals surface area contributed by atoms with E-state index in [1.165, 1.54) is 17.7 Å². The maximum absolute atomic E-state index is 12.4. The van der Waals surface area contributed by atoms with E-state index < -0.39 is 10.0 Å². The number of hydrogen-bond acceptors (Lipinski definition) is 3. The molecule has 112 valence electrons. The van der Waals surface area contributed by atoms with Gasteiger partial charge in [-0.25, -0.2) is 8.42 Å². The van der Waals surface area contributed by atoms with Crippen LogP contribution in [0.15, 0.2) is 47.4 Å². The SMILES string of the molecule is N#Cc1ccc([N-]S(=O)(=O)c2ccc3c(c2)C[NH2+]CC3)cc1. The molecule has 0 fully saturated rings. The van der Waals surface area contributed by atoms with Gasteiger partial charge in [0.1, 0.15) is 16.6 Å². The Labute approximate surface area is 129 Å². The van der Waals surface area contributed by atoms with Crippen LogP contribution < -0.4 is 5.32 Å². The number of quaternary nitrogens is 1. The molecule has 0 amide bonds. The summed E-state index contributed by atoms with van der Waals surface area (Å²) in [7, 11) is -3.74. The highest BCUT2D eigenvalue weighted by Crippen LogP contribution is 2.29. The second-order valence-electron chi connectivity index (χ2n) is 5.19. The van der Waals surface area contributed by atoms with Crippen LogP contribution in [0.4, 0.5) is 5.69 Å². The number of nitrogens with zero attached hydrogens (tertiary/aromatic N) is 2. The fraction of sp³-hybridized carbons (Fsp3) is 0.188. The van der Waals surface area contributed by atoms with Crippen molar-refractivity contribution in [3.05, 3.63) is 63.9 Å². The molecule has 0 unspecified atom stereocenters. The molecule has 0 saturated carbocycles. The summed E-state index contributed by atoms with van der Waals surface area (Å²) in [4.78, 5) is 0.214. The minimum absolute atomic E-state index is 0.214. The predicted molar refractivity (Wildman–Crippen MR) is 82.0 cm³/mol. The molecule has 0 spiro atoms. The molecule has 5 nitrogen and oxygen atoms in total. The van der Waals surface area contributed by atoms with Crippen molar-refractivity contribution >= 4 is 15.7 Å². The number of nitriles is 1. The zero-order chi connectivity index (χ0) is 15.6. The molecule has 6 heteroatoms. The minimum Gasteiger partial charge on any atom is -0.573 e. The van der Waals surface area contributed by atoms with Gasteiger partial charge in [-0.2, -0.15) is 5.26 Å². The van der Waals surface area contributed by atoms with E-state index in [9.17, 15) is 8.42 Å². The third-order valence-electron chi connectivity index (χ3n) is 3.68. The second-order valence-corrected chi connectivity index (χ2v) is 6.79. The lowest BCUT2D eigenvalue weighted by Gasteiger charge is -2.23. The van der Waals surface area contributed by atoms with Crippen LogP contribution in [0, 0.1) is 11.3 Å². The molecule has 2 aromatic carbocycles. The fourth-order valence-corrected chi connectivity index (χ4v) is 3.54. The lowest BCUT2D eigenvalue weighted by atomic mass is 10.0. The Morgan fingerprint density at radius 1 is 1.09 bits per heavy atom. The number of fused-ring (bicyclic) bond motifs is 1. The van der Waals surface area contributed by atoms with Gasteiger partial charge in [0.25, 0.3) is 0 Å². The lowest BCUT2D eigenvalue weighted by molar-refractivity contribution is -0.673. The van der Waals surface area contributed by atoms with Crippen LogP contribution in [0.2, 0.25) is 0 Å². The molecule has 3 rings (SSSR count). The van der Waals surface area contributed by atoms with Crippen molar-refractivity contribution in [1.29, 1.82) is 5.26 Å². The van der Waals surface area contributed by atoms with Crippen LogP contribution in [0.5, 0.6) is 0 Å². The summed E-state index contributed by atoms with van der Waals surface area (Å²) in [6.07, 6.45) is 0.961. The van der Waals surface area contributed by atoms with Gasteiger partial charge in [0.2, 0.25) is 0 Å². The summed E-state index contributed by atoms with van der Waals surface area (Å²) in [6.45, 7) is 1.84. The van der Waals surface area contributed by atoms with E-state index in [2.05, 4.69) is 10.0 Å². The summed E-state index contributed by atoms with van der Waals surface area (Å²) < 4.78 is 28.6. The van der Waals surface area contributed by atoms with Crippen LogP contribution in [0.3, 0.4) is 0 Å². The molecule has 0 aliphatic carbocycles. The maximum Gasteiger partial charge on any atom is 0.123 e. The van der Waals surface area contributed by atoms with E-state index in [1.54, 1.807) is 24.3 Å². The molecule has 0 radical (unpaired) electrons. The van der Waals surface area contributed by atoms with E-state index in [4.69, 9.17) is 5.26 Å². The Hall–Kier alpha value is -2.36. The van der Waals surface area contributed by atoms with Crippen LogP contribution in [-0.4, -0.2) is 15.0 Å². The van der Waals surface area contributed by atoms with Gasteiger partial charge in [0.05, 0.1) is 23.1 Å². The number of hydrogen-bond donors (Lipinski definition) is 1. The van der Waals surface area contributed by atoms with Crippen molar-refractivity contribution < 1.29 is 13.7 Å². The minimum atomic E-state index is -3.74. The Bertz CT molecular complexity index is 837. The molecule has 1 aliphatic rings. The smallest absolute Gasteiger partial charge is 0.123 e. The molecular weight excluding hydrogens is 298 g/mol. The standard InChI is InChI=1S/C16H14N3O2S/c17-10-12-1-4-15(5-2-12)19-22(20,21)16-6-3-13-7-8-18-11-14(13)9-16/h1-6,9,18H,7-8,11H2/q-1/p+1. The Morgan fingerprint density at radius 2 is 1.86 bits per heavy atom. The van der Waals surface area contributed by atoms with Crippen LogP contribution in [0.25, 0.3) is 4.72 Å². The highest BCUT2D eigenvalue weighted by atomic mass is 32.2. The van der Waals surface area contributed by atoms with Gasteiger partial charge in [-0.15, -0.1) is 5.69 Å². The van der Waals surface area contributed by atoms with Crippen LogP contribution in [0.1, 0.15) is 16.7 Å². The lowest BCUT2D eigenvalue weighted by Crippen LogP contribution is -2.84. The fourth-order valence-electron chi connectivity index (χ4n) is 2.50. The zero-order valence-electron chi connectivity index (χ0n) is 11.9. The third kappa shape index (κ3) is 2.96. The topological polar surface area (TPSA) is 88.6 Å². The molecule has 1 heterocycles. The summed E-state index contributed by atoms with van der Waals surface area (Å²) in [6, 6.07) is 13.4. The van der Waals surface area contributed by atoms with Crippen molar-refractivity contribution in [2.45, 2.75) is 17.9 Å². The largest absolute Gasteiger partial charge is 0.573 e. The summed E-state index contributed by atoms with van der Waals surface area (Å²) in [5, 5.41) is 10.9. The molecule has 0 atom stereocenters. The second kappa shape index (κ2) is 5.79. The Balaban J connectivity index is 1.87. The monoisotopic (exact) mass is 313 g/mol. The van der Waals surface area contributed by atoms with Crippen molar-refractivity contribution in [1.82, 2.24) is 0 Å². The summed E-state index contributed by atoms with van der Waals surface area (Å²) >= 11 is 0. The van der Waals surface area contributed by atoms with Gasteiger partial charge in [-0.1, -0.05) is 18.2 Å². The van der Waals surface area contributed by atoms with Crippen molar-refractivity contribution in [3.8, 4) is 6.07 Å². The van der Waals surface area contributed by atoms with Gasteiger partial charge >= 0.3 is 0 Å². The van der Waals surface area contributed by atoms with E-state index in [-0.39, 0.29) is 4.90 Å². The average molecular weight is 313 g/mol. The number of benzene rings is 2. The van der Waals surface area contributed by atoms with E-state index in [0.717, 1.165) is 25.1 Å². The first kappa shape index (κ1) is 14.6. The maximum atomic E-state index is 12.4. The number of rotatable bonds is 3. The quantitative estimate of drug-likeness (QED) is 0.933. The van der Waals surface area contributed by atoms with Crippen LogP contribution in [-0.2, 0) is 23.0 Å². The first-order valence-electron chi connectivity index (χ1n) is 7.00. The first-order valence-corrected chi connectivity index (χ1v) is 8.44. The van der Waals surface area contributed by atoms with E-state index >= 15 is 0 Å². The molecule has 1 aliphatic heterocycles. The molecule has 0 aromatic heterocycles. The number of nitrogens with two attached hydrogens (primary N) is 1. The molecule has 0 bridgehead atoms. The van der Waals surface area contributed by atoms with E-state index in [1.807, 2.05) is 12.1 Å². The van der Waals surface area contributed by atoms with Gasteiger partial charge in [-0.05, 0) is 29.8 Å². The average Bonchev–Trinajstić information content (AvgIpc) is 2.55. The predicted octanol–water partition coefficient (Wildman–Crippen LogP) is 1.57. The van der Waals surface area contributed by atoms with Gasteiger partial charge in [0, 0.05) is 12.0 Å². The molecule has 22 heavy (non-hydrogen) atoms. The molecule has 0 saturated heterocycles. The zero-order valence-corrected chi connectivity index (χ0v) is 12.7. The van der Waals surface area contributed by atoms with Crippen LogP contribution >= 0.6 is 0 Å². The summed E-state index contributed by atoms with van der Waals surface area (Å²) in [5.41, 5.74) is 3.06. The third-order valence-corrected chi connectivity index (χ3v) is 4.98.